The minimum atomic E-state index is 0.254. The quantitative estimate of drug-likeness (QED) is 0.514. The Kier molecular flexibility index (Phi) is 7.51. The van der Waals surface area contributed by atoms with Crippen LogP contribution in [0.25, 0.3) is 10.9 Å². The largest absolute Gasteiger partial charge is 0.508 e. The highest BCUT2D eigenvalue weighted by Gasteiger charge is 2.26. The first-order valence-corrected chi connectivity index (χ1v) is 13.2. The second-order valence-corrected chi connectivity index (χ2v) is 10.1. The molecule has 0 spiro atoms. The Bertz CT molecular complexity index is 1140. The third-order valence-electron chi connectivity index (χ3n) is 7.86. The van der Waals surface area contributed by atoms with Crippen LogP contribution in [0.15, 0.2) is 48.7 Å². The Labute approximate surface area is 208 Å². The van der Waals surface area contributed by atoms with Crippen molar-refractivity contribution in [2.45, 2.75) is 45.2 Å². The molecule has 3 aromatic rings. The molecule has 1 aromatic heterocycles. The number of phenols is 2. The maximum atomic E-state index is 10.2. The SMILES string of the molecule is CCCN(CCN1CCN(Cc2ccc(O)c3ncccc23)CC1)C1CCc2c(O)cccc2C1. The summed E-state index contributed by atoms with van der Waals surface area (Å²) >= 11 is 0. The average molecular weight is 475 g/mol. The van der Waals surface area contributed by atoms with Crippen LogP contribution in [0.1, 0.15) is 36.5 Å². The molecule has 0 amide bonds. The molecule has 2 N–H and O–H groups in total. The van der Waals surface area contributed by atoms with Crippen molar-refractivity contribution in [2.24, 2.45) is 0 Å². The Morgan fingerprint density at radius 3 is 2.60 bits per heavy atom. The maximum absolute atomic E-state index is 10.2. The molecule has 35 heavy (non-hydrogen) atoms. The summed E-state index contributed by atoms with van der Waals surface area (Å²) in [7, 11) is 0. The monoisotopic (exact) mass is 474 g/mol. The highest BCUT2D eigenvalue weighted by atomic mass is 16.3. The van der Waals surface area contributed by atoms with E-state index in [4.69, 9.17) is 0 Å². The molecule has 1 aliphatic heterocycles. The van der Waals surface area contributed by atoms with Crippen molar-refractivity contribution >= 4 is 10.9 Å². The van der Waals surface area contributed by atoms with Crippen molar-refractivity contribution in [1.82, 2.24) is 19.7 Å². The van der Waals surface area contributed by atoms with Gasteiger partial charge in [0.1, 0.15) is 17.0 Å². The first-order chi connectivity index (χ1) is 17.1. The Hall–Kier alpha value is -2.67. The molecule has 186 valence electrons. The van der Waals surface area contributed by atoms with Crippen LogP contribution in [0.2, 0.25) is 0 Å². The van der Waals surface area contributed by atoms with Crippen LogP contribution in [0, 0.1) is 0 Å². The first kappa shape index (κ1) is 24.0. The summed E-state index contributed by atoms with van der Waals surface area (Å²) in [4.78, 5) is 12.2. The van der Waals surface area contributed by atoms with Gasteiger partial charge in [-0.05, 0) is 67.1 Å². The number of aromatic hydroxyl groups is 2. The predicted molar refractivity (Wildman–Crippen MR) is 141 cm³/mol. The van der Waals surface area contributed by atoms with Crippen LogP contribution in [0.4, 0.5) is 0 Å². The molecule has 6 nitrogen and oxygen atoms in total. The number of fused-ring (bicyclic) bond motifs is 2. The van der Waals surface area contributed by atoms with Crippen molar-refractivity contribution in [3.63, 3.8) is 0 Å². The van der Waals surface area contributed by atoms with Crippen LogP contribution >= 0.6 is 0 Å². The van der Waals surface area contributed by atoms with Gasteiger partial charge in [0.25, 0.3) is 0 Å². The smallest absolute Gasteiger partial charge is 0.141 e. The van der Waals surface area contributed by atoms with E-state index in [0.29, 0.717) is 17.3 Å². The summed E-state index contributed by atoms with van der Waals surface area (Å²) in [5, 5.41) is 21.4. The summed E-state index contributed by atoms with van der Waals surface area (Å²) in [6.07, 6.45) is 6.07. The Balaban J connectivity index is 1.14. The number of aromatic nitrogens is 1. The fourth-order valence-electron chi connectivity index (χ4n) is 5.88. The molecule has 1 atom stereocenters. The van der Waals surface area contributed by atoms with Crippen LogP contribution < -0.4 is 0 Å². The van der Waals surface area contributed by atoms with Gasteiger partial charge in [-0.25, -0.2) is 0 Å². The van der Waals surface area contributed by atoms with E-state index < -0.39 is 0 Å². The van der Waals surface area contributed by atoms with Crippen molar-refractivity contribution in [3.8, 4) is 11.5 Å². The number of phenolic OH excluding ortho intramolecular Hbond substituents is 2. The number of piperazine rings is 1. The minimum Gasteiger partial charge on any atom is -0.508 e. The standard InChI is InChI=1S/C29H38N4O2/c1-2-13-33(24-9-10-25-22(20-24)5-3-7-27(25)34)19-18-31-14-16-32(17-15-31)21-23-8-11-28(35)29-26(23)6-4-12-30-29/h3-8,11-12,24,34-35H,2,9-10,13-21H2,1H3. The van der Waals surface area contributed by atoms with Gasteiger partial charge in [0.2, 0.25) is 0 Å². The number of benzene rings is 2. The number of nitrogens with zero attached hydrogens (tertiary/aromatic N) is 4. The van der Waals surface area contributed by atoms with Gasteiger partial charge in [-0.1, -0.05) is 31.2 Å². The number of hydrogen-bond acceptors (Lipinski definition) is 6. The normalized spacial score (nSPS) is 19.3. The molecule has 2 aliphatic rings. The number of pyridine rings is 1. The van der Waals surface area contributed by atoms with E-state index in [1.54, 1.807) is 12.3 Å². The lowest BCUT2D eigenvalue weighted by Crippen LogP contribution is -2.49. The molecule has 2 aromatic carbocycles. The van der Waals surface area contributed by atoms with Gasteiger partial charge < -0.3 is 10.2 Å². The van der Waals surface area contributed by atoms with Gasteiger partial charge in [-0.2, -0.15) is 0 Å². The highest BCUT2D eigenvalue weighted by molar-refractivity contribution is 5.87. The van der Waals surface area contributed by atoms with Crippen molar-refractivity contribution in [2.75, 3.05) is 45.8 Å². The minimum absolute atomic E-state index is 0.254. The molecule has 1 aliphatic carbocycles. The molecule has 6 heteroatoms. The predicted octanol–water partition coefficient (Wildman–Crippen LogP) is 4.03. The zero-order valence-electron chi connectivity index (χ0n) is 20.9. The van der Waals surface area contributed by atoms with Gasteiger partial charge in [0, 0.05) is 63.4 Å². The topological polar surface area (TPSA) is 63.1 Å². The zero-order valence-corrected chi connectivity index (χ0v) is 20.9. The van der Waals surface area contributed by atoms with Gasteiger partial charge in [0.05, 0.1) is 0 Å². The molecule has 1 saturated heterocycles. The van der Waals surface area contributed by atoms with E-state index in [-0.39, 0.29) is 5.75 Å². The van der Waals surface area contributed by atoms with E-state index in [0.717, 1.165) is 82.6 Å². The molecular formula is C29H38N4O2. The van der Waals surface area contributed by atoms with Crippen molar-refractivity contribution in [3.05, 3.63) is 65.4 Å². The van der Waals surface area contributed by atoms with E-state index in [2.05, 4.69) is 38.7 Å². The molecular weight excluding hydrogens is 436 g/mol. The number of hydrogen-bond donors (Lipinski definition) is 2. The highest BCUT2D eigenvalue weighted by Crippen LogP contribution is 2.31. The Morgan fingerprint density at radius 1 is 0.943 bits per heavy atom. The van der Waals surface area contributed by atoms with E-state index in [1.165, 1.54) is 17.5 Å². The molecule has 0 saturated carbocycles. The molecule has 1 fully saturated rings. The summed E-state index contributed by atoms with van der Waals surface area (Å²) in [5.74, 6) is 0.724. The van der Waals surface area contributed by atoms with E-state index >= 15 is 0 Å². The van der Waals surface area contributed by atoms with Crippen LogP contribution in [-0.2, 0) is 19.4 Å². The molecule has 0 radical (unpaired) electrons. The summed E-state index contributed by atoms with van der Waals surface area (Å²) in [6.45, 7) is 10.8. The van der Waals surface area contributed by atoms with Crippen molar-refractivity contribution < 1.29 is 10.2 Å². The third kappa shape index (κ3) is 5.45. The van der Waals surface area contributed by atoms with Gasteiger partial charge in [-0.3, -0.25) is 19.7 Å². The second kappa shape index (κ2) is 10.9. The van der Waals surface area contributed by atoms with Gasteiger partial charge in [-0.15, -0.1) is 0 Å². The molecule has 0 bridgehead atoms. The zero-order chi connectivity index (χ0) is 24.2. The fraction of sp³-hybridized carbons (Fsp3) is 0.483. The Morgan fingerprint density at radius 2 is 1.77 bits per heavy atom. The molecule has 5 rings (SSSR count). The third-order valence-corrected chi connectivity index (χ3v) is 7.86. The van der Waals surface area contributed by atoms with Crippen LogP contribution in [-0.4, -0.2) is 81.8 Å². The second-order valence-electron chi connectivity index (χ2n) is 10.1. The van der Waals surface area contributed by atoms with Crippen LogP contribution in [0.5, 0.6) is 11.5 Å². The van der Waals surface area contributed by atoms with Gasteiger partial charge in [0.15, 0.2) is 0 Å². The summed E-state index contributed by atoms with van der Waals surface area (Å²) in [6, 6.07) is 14.4. The lowest BCUT2D eigenvalue weighted by Gasteiger charge is -2.39. The first-order valence-electron chi connectivity index (χ1n) is 13.2. The maximum Gasteiger partial charge on any atom is 0.141 e. The average Bonchev–Trinajstić information content (AvgIpc) is 2.89. The lowest BCUT2D eigenvalue weighted by atomic mass is 9.87. The molecule has 2 heterocycles. The van der Waals surface area contributed by atoms with E-state index in [1.807, 2.05) is 24.3 Å². The lowest BCUT2D eigenvalue weighted by molar-refractivity contribution is 0.100. The van der Waals surface area contributed by atoms with Crippen molar-refractivity contribution in [1.29, 1.82) is 0 Å². The fourth-order valence-corrected chi connectivity index (χ4v) is 5.88. The van der Waals surface area contributed by atoms with E-state index in [9.17, 15) is 10.2 Å². The van der Waals surface area contributed by atoms with Gasteiger partial charge >= 0.3 is 0 Å². The molecule has 1 unspecified atom stereocenters. The summed E-state index contributed by atoms with van der Waals surface area (Å²) < 4.78 is 0. The number of rotatable bonds is 8. The summed E-state index contributed by atoms with van der Waals surface area (Å²) in [5.41, 5.74) is 4.42. The van der Waals surface area contributed by atoms with Crippen LogP contribution in [0.3, 0.4) is 0 Å².